The third kappa shape index (κ3) is 8.34. The number of aliphatic hydroxyl groups excluding tert-OH is 3. The molecule has 2 aliphatic rings. The number of hydrogen-bond donors (Lipinski definition) is 6. The Morgan fingerprint density at radius 3 is 2.04 bits per heavy atom. The molecule has 9 heteroatoms. The molecule has 1 fully saturated rings. The first-order valence-corrected chi connectivity index (χ1v) is 9.24. The van der Waals surface area contributed by atoms with Crippen LogP contribution in [0.25, 0.3) is 0 Å². The molecular weight excluding hydrogens is 361 g/mol. The van der Waals surface area contributed by atoms with Gasteiger partial charge in [0, 0.05) is 0 Å². The van der Waals surface area contributed by atoms with Gasteiger partial charge in [-0.25, -0.2) is 4.39 Å². The van der Waals surface area contributed by atoms with Crippen LogP contribution in [0.5, 0.6) is 0 Å². The van der Waals surface area contributed by atoms with Crippen molar-refractivity contribution in [1.29, 1.82) is 0 Å². The van der Waals surface area contributed by atoms with E-state index in [2.05, 4.69) is 5.32 Å². The second-order valence-corrected chi connectivity index (χ2v) is 7.03. The molecule has 0 aromatic rings. The molecule has 0 bridgehead atoms. The highest BCUT2D eigenvalue weighted by atomic mass is 19.1. The molecule has 0 unspecified atom stereocenters. The number of carboxylic acids is 2. The van der Waals surface area contributed by atoms with Crippen LogP contribution in [-0.4, -0.2) is 75.0 Å². The Morgan fingerprint density at radius 2 is 1.56 bits per heavy atom. The molecule has 27 heavy (non-hydrogen) atoms. The normalized spacial score (nSPS) is 28.7. The van der Waals surface area contributed by atoms with Crippen LogP contribution >= 0.6 is 0 Å². The third-order valence-electron chi connectivity index (χ3n) is 4.89. The highest BCUT2D eigenvalue weighted by Crippen LogP contribution is 2.24. The molecule has 0 aliphatic heterocycles. The third-order valence-corrected chi connectivity index (χ3v) is 4.89. The van der Waals surface area contributed by atoms with Crippen molar-refractivity contribution >= 4 is 11.9 Å². The Hall–Kier alpha value is -1.55. The van der Waals surface area contributed by atoms with Crippen molar-refractivity contribution in [3.05, 3.63) is 11.6 Å². The summed E-state index contributed by atoms with van der Waals surface area (Å²) in [5.41, 5.74) is 0.152. The fourth-order valence-corrected chi connectivity index (χ4v) is 3.26. The Balaban J connectivity index is 0.000000387. The molecule has 0 radical (unpaired) electrons. The summed E-state index contributed by atoms with van der Waals surface area (Å²) in [6.45, 7) is -0.0346. The van der Waals surface area contributed by atoms with Gasteiger partial charge in [0.15, 0.2) is 0 Å². The van der Waals surface area contributed by atoms with Crippen LogP contribution in [0.2, 0.25) is 0 Å². The van der Waals surface area contributed by atoms with E-state index in [-0.39, 0.29) is 18.4 Å². The lowest BCUT2D eigenvalue weighted by molar-refractivity contribution is -0.143. The second kappa shape index (κ2) is 12.0. The molecule has 8 nitrogen and oxygen atoms in total. The summed E-state index contributed by atoms with van der Waals surface area (Å²) >= 11 is 0. The zero-order valence-corrected chi connectivity index (χ0v) is 15.3. The molecule has 156 valence electrons. The zero-order chi connectivity index (χ0) is 20.4. The molecule has 2 aliphatic carbocycles. The lowest BCUT2D eigenvalue weighted by Crippen LogP contribution is -2.54. The van der Waals surface area contributed by atoms with E-state index in [1.165, 1.54) is 38.2 Å². The SMILES string of the molecule is O=C(O)CCC(=O)O.O[C@@H]1[C@@H](O)[C@@H](O)C(CF)=C[C@H]1NCC1CCCCC1. The first-order valence-electron chi connectivity index (χ1n) is 9.24. The molecule has 0 aromatic carbocycles. The van der Waals surface area contributed by atoms with Crippen molar-refractivity contribution in [2.75, 3.05) is 13.2 Å². The van der Waals surface area contributed by atoms with Crippen LogP contribution in [0.4, 0.5) is 4.39 Å². The van der Waals surface area contributed by atoms with Crippen molar-refractivity contribution in [3.8, 4) is 0 Å². The van der Waals surface area contributed by atoms with E-state index in [1.54, 1.807) is 0 Å². The Labute approximate surface area is 157 Å². The summed E-state index contributed by atoms with van der Waals surface area (Å²) < 4.78 is 12.7. The van der Waals surface area contributed by atoms with E-state index in [1.807, 2.05) is 0 Å². The standard InChI is InChI=1S/C14H24FNO3.C4H6O4/c15-7-10-6-11(13(18)14(19)12(10)17)16-8-9-4-2-1-3-5-9;5-3(6)1-2-4(7)8/h6,9,11-14,16-19H,1-5,7-8H2;1-2H2,(H,5,6)(H,7,8)/t11-,12+,13+,14+;/m1./s1. The van der Waals surface area contributed by atoms with E-state index in [0.29, 0.717) is 5.92 Å². The maximum absolute atomic E-state index is 12.7. The van der Waals surface area contributed by atoms with Gasteiger partial charge in [0.25, 0.3) is 0 Å². The van der Waals surface area contributed by atoms with Gasteiger partial charge in [0.05, 0.1) is 18.9 Å². The summed E-state index contributed by atoms with van der Waals surface area (Å²) in [6, 6.07) is -0.480. The van der Waals surface area contributed by atoms with Crippen LogP contribution in [-0.2, 0) is 9.59 Å². The van der Waals surface area contributed by atoms with Gasteiger partial charge in [-0.2, -0.15) is 0 Å². The van der Waals surface area contributed by atoms with E-state index in [4.69, 9.17) is 10.2 Å². The predicted molar refractivity (Wildman–Crippen MR) is 94.9 cm³/mol. The second-order valence-electron chi connectivity index (χ2n) is 7.03. The molecule has 0 saturated heterocycles. The first kappa shape index (κ1) is 23.5. The zero-order valence-electron chi connectivity index (χ0n) is 15.3. The summed E-state index contributed by atoms with van der Waals surface area (Å²) in [5.74, 6) is -1.56. The van der Waals surface area contributed by atoms with Gasteiger partial charge in [0.1, 0.15) is 25.0 Å². The molecule has 0 spiro atoms. The molecule has 0 heterocycles. The number of carboxylic acid groups (broad SMARTS) is 2. The average Bonchev–Trinajstić information content (AvgIpc) is 2.65. The van der Waals surface area contributed by atoms with Gasteiger partial charge in [-0.05, 0) is 30.9 Å². The van der Waals surface area contributed by atoms with Gasteiger partial charge in [-0.1, -0.05) is 25.3 Å². The van der Waals surface area contributed by atoms with Crippen molar-refractivity contribution in [1.82, 2.24) is 5.32 Å². The van der Waals surface area contributed by atoms with E-state index < -0.39 is 43.0 Å². The van der Waals surface area contributed by atoms with Crippen molar-refractivity contribution in [2.24, 2.45) is 5.92 Å². The van der Waals surface area contributed by atoms with Crippen LogP contribution in [0.15, 0.2) is 11.6 Å². The number of hydrogen-bond acceptors (Lipinski definition) is 6. The van der Waals surface area contributed by atoms with E-state index >= 15 is 0 Å². The smallest absolute Gasteiger partial charge is 0.303 e. The number of nitrogens with one attached hydrogen (secondary N) is 1. The Morgan fingerprint density at radius 1 is 1.00 bits per heavy atom. The summed E-state index contributed by atoms with van der Waals surface area (Å²) in [4.78, 5) is 19.3. The molecule has 6 N–H and O–H groups in total. The topological polar surface area (TPSA) is 147 Å². The first-order chi connectivity index (χ1) is 12.8. The maximum Gasteiger partial charge on any atom is 0.303 e. The maximum atomic E-state index is 12.7. The van der Waals surface area contributed by atoms with Crippen molar-refractivity contribution in [3.63, 3.8) is 0 Å². The fourth-order valence-electron chi connectivity index (χ4n) is 3.26. The summed E-state index contributed by atoms with van der Waals surface area (Å²) in [6.07, 6.45) is 3.36. The number of rotatable bonds is 7. The minimum absolute atomic E-state index is 0.152. The lowest BCUT2D eigenvalue weighted by atomic mass is 9.86. The Bertz CT molecular complexity index is 494. The fraction of sp³-hybridized carbons (Fsp3) is 0.778. The molecule has 2 rings (SSSR count). The predicted octanol–water partition coefficient (Wildman–Crippen LogP) is 0.453. The minimum Gasteiger partial charge on any atom is -0.481 e. The van der Waals surface area contributed by atoms with E-state index in [0.717, 1.165) is 6.54 Å². The Kier molecular flexibility index (Phi) is 10.5. The van der Waals surface area contributed by atoms with Gasteiger partial charge >= 0.3 is 11.9 Å². The van der Waals surface area contributed by atoms with Crippen LogP contribution < -0.4 is 5.32 Å². The van der Waals surface area contributed by atoms with Crippen LogP contribution in [0.1, 0.15) is 44.9 Å². The largest absolute Gasteiger partial charge is 0.481 e. The number of halogens is 1. The summed E-state index contributed by atoms with van der Waals surface area (Å²) in [5, 5.41) is 48.2. The number of aliphatic hydroxyl groups is 3. The van der Waals surface area contributed by atoms with Gasteiger partial charge in [-0.15, -0.1) is 0 Å². The van der Waals surface area contributed by atoms with Crippen LogP contribution in [0, 0.1) is 5.92 Å². The molecular formula is C18H30FNO7. The number of alkyl halides is 1. The summed E-state index contributed by atoms with van der Waals surface area (Å²) in [7, 11) is 0. The molecule has 4 atom stereocenters. The van der Waals surface area contributed by atoms with E-state index in [9.17, 15) is 29.3 Å². The molecule has 1 saturated carbocycles. The number of carbonyl (C=O) groups is 2. The van der Waals surface area contributed by atoms with Crippen molar-refractivity contribution in [2.45, 2.75) is 69.3 Å². The quantitative estimate of drug-likeness (QED) is 0.343. The highest BCUT2D eigenvalue weighted by molar-refractivity contribution is 5.75. The van der Waals surface area contributed by atoms with Gasteiger partial charge < -0.3 is 30.8 Å². The van der Waals surface area contributed by atoms with Gasteiger partial charge in [0.2, 0.25) is 0 Å². The number of aliphatic carboxylic acids is 2. The highest BCUT2D eigenvalue weighted by Gasteiger charge is 2.37. The van der Waals surface area contributed by atoms with Crippen molar-refractivity contribution < 1.29 is 39.5 Å². The molecule has 0 amide bonds. The van der Waals surface area contributed by atoms with Crippen LogP contribution in [0.3, 0.4) is 0 Å². The monoisotopic (exact) mass is 391 g/mol. The lowest BCUT2D eigenvalue weighted by Gasteiger charge is -2.35. The molecule has 0 aromatic heterocycles. The minimum atomic E-state index is -1.32. The van der Waals surface area contributed by atoms with Gasteiger partial charge in [-0.3, -0.25) is 9.59 Å². The average molecular weight is 391 g/mol.